The molecule has 28 heavy (non-hydrogen) atoms. The molecule has 0 radical (unpaired) electrons. The fraction of sp³-hybridized carbons (Fsp3) is 0.571. The van der Waals surface area contributed by atoms with Crippen LogP contribution in [-0.4, -0.2) is 38.3 Å². The fourth-order valence-electron chi connectivity index (χ4n) is 4.69. The summed E-state index contributed by atoms with van der Waals surface area (Å²) in [5.41, 5.74) is -1.51. The molecule has 1 saturated carbocycles. The lowest BCUT2D eigenvalue weighted by molar-refractivity contribution is -0.205. The third kappa shape index (κ3) is 3.34. The summed E-state index contributed by atoms with van der Waals surface area (Å²) in [6.45, 7) is 10.1. The molecule has 1 aliphatic rings. The third-order valence-corrected chi connectivity index (χ3v) is 5.79. The smallest absolute Gasteiger partial charge is 0.418 e. The van der Waals surface area contributed by atoms with Gasteiger partial charge in [-0.15, -0.1) is 6.58 Å². The van der Waals surface area contributed by atoms with Crippen LogP contribution in [0.15, 0.2) is 24.9 Å². The van der Waals surface area contributed by atoms with E-state index in [2.05, 4.69) is 23.2 Å². The first kappa shape index (κ1) is 21.7. The van der Waals surface area contributed by atoms with Gasteiger partial charge in [0.25, 0.3) is 0 Å². The first-order chi connectivity index (χ1) is 13.2. The summed E-state index contributed by atoms with van der Waals surface area (Å²) < 4.78 is 21.7. The van der Waals surface area contributed by atoms with Gasteiger partial charge in [-0.05, 0) is 24.8 Å². The van der Waals surface area contributed by atoms with Crippen molar-refractivity contribution in [1.82, 2.24) is 4.98 Å². The number of pyridine rings is 1. The van der Waals surface area contributed by atoms with Crippen LogP contribution in [0.2, 0.25) is 0 Å². The van der Waals surface area contributed by atoms with Crippen LogP contribution in [0, 0.1) is 17.3 Å². The van der Waals surface area contributed by atoms with E-state index in [9.17, 15) is 9.59 Å². The Kier molecular flexibility index (Phi) is 6.37. The van der Waals surface area contributed by atoms with E-state index < -0.39 is 23.0 Å². The second-order valence-corrected chi connectivity index (χ2v) is 7.58. The number of aromatic nitrogens is 1. The summed E-state index contributed by atoms with van der Waals surface area (Å²) in [6.07, 6.45) is 4.78. The van der Waals surface area contributed by atoms with Gasteiger partial charge in [-0.2, -0.15) is 0 Å². The molecule has 0 N–H and O–H groups in total. The maximum Gasteiger partial charge on any atom is 0.418 e. The Hall–Kier alpha value is -2.57. The van der Waals surface area contributed by atoms with Gasteiger partial charge in [0.05, 0.1) is 21.3 Å². The molecule has 0 aromatic carbocycles. The van der Waals surface area contributed by atoms with Crippen molar-refractivity contribution in [1.29, 1.82) is 0 Å². The van der Waals surface area contributed by atoms with Gasteiger partial charge in [0.2, 0.25) is 5.88 Å². The Labute approximate surface area is 166 Å². The van der Waals surface area contributed by atoms with Crippen LogP contribution in [0.1, 0.15) is 39.2 Å². The maximum atomic E-state index is 12.6. The van der Waals surface area contributed by atoms with Crippen molar-refractivity contribution in [3.8, 4) is 11.6 Å². The Morgan fingerprint density at radius 2 is 1.89 bits per heavy atom. The van der Waals surface area contributed by atoms with Crippen molar-refractivity contribution < 1.29 is 28.5 Å². The highest BCUT2D eigenvalue weighted by Gasteiger charge is 2.61. The van der Waals surface area contributed by atoms with Crippen LogP contribution in [0.4, 0.5) is 0 Å². The molecule has 1 aliphatic carbocycles. The van der Waals surface area contributed by atoms with E-state index in [1.54, 1.807) is 18.3 Å². The Morgan fingerprint density at radius 3 is 2.43 bits per heavy atom. The predicted molar refractivity (Wildman–Crippen MR) is 103 cm³/mol. The topological polar surface area (TPSA) is 84.0 Å². The van der Waals surface area contributed by atoms with Gasteiger partial charge in [0.15, 0.2) is 5.60 Å². The first-order valence-electron chi connectivity index (χ1n) is 9.23. The van der Waals surface area contributed by atoms with Crippen molar-refractivity contribution in [2.24, 2.45) is 17.3 Å². The normalized spacial score (nSPS) is 29.5. The third-order valence-electron chi connectivity index (χ3n) is 5.79. The van der Waals surface area contributed by atoms with E-state index >= 15 is 0 Å². The zero-order valence-corrected chi connectivity index (χ0v) is 17.4. The van der Waals surface area contributed by atoms with Gasteiger partial charge in [-0.3, -0.25) is 0 Å². The summed E-state index contributed by atoms with van der Waals surface area (Å²) in [4.78, 5) is 28.9. The van der Waals surface area contributed by atoms with Crippen LogP contribution in [-0.2, 0) is 24.7 Å². The van der Waals surface area contributed by atoms with Crippen molar-refractivity contribution in [2.45, 2.75) is 39.2 Å². The van der Waals surface area contributed by atoms with Gasteiger partial charge in [0, 0.05) is 17.5 Å². The summed E-state index contributed by atoms with van der Waals surface area (Å²) in [5.74, 6) is -1.25. The number of methoxy groups -OCH3 is 3. The number of hydrogen-bond acceptors (Lipinski definition) is 7. The number of nitrogens with zero attached hydrogens (tertiary/aromatic N) is 1. The lowest BCUT2D eigenvalue weighted by atomic mass is 9.54. The molecule has 1 heterocycles. The molecule has 0 spiro atoms. The Balaban J connectivity index is 2.86. The number of ether oxygens (including phenoxy) is 4. The van der Waals surface area contributed by atoms with Gasteiger partial charge < -0.3 is 18.9 Å². The summed E-state index contributed by atoms with van der Waals surface area (Å²) in [7, 11) is 4.15. The Bertz CT molecular complexity index is 741. The standard InChI is InChI=1S/C21H29NO6/c1-8-20(4)12-13(2)11-14(3)21(20,28-19(24)18(23)27-7)16-15(25-5)9-10-22-17(16)26-6/h8-10,13-14H,1,11-12H2,2-7H3/t13-,14+,20+,21?/m1/s1. The molecule has 4 atom stereocenters. The molecule has 154 valence electrons. The molecule has 0 bridgehead atoms. The van der Waals surface area contributed by atoms with Crippen molar-refractivity contribution >= 4 is 11.9 Å². The Morgan fingerprint density at radius 1 is 1.21 bits per heavy atom. The minimum Gasteiger partial charge on any atom is -0.496 e. The van der Waals surface area contributed by atoms with Gasteiger partial charge >= 0.3 is 11.9 Å². The van der Waals surface area contributed by atoms with Crippen LogP contribution in [0.3, 0.4) is 0 Å². The van der Waals surface area contributed by atoms with E-state index in [1.807, 2.05) is 13.8 Å². The molecule has 2 rings (SSSR count). The van der Waals surface area contributed by atoms with E-state index in [-0.39, 0.29) is 11.8 Å². The molecule has 1 fully saturated rings. The van der Waals surface area contributed by atoms with Crippen molar-refractivity contribution in [3.63, 3.8) is 0 Å². The highest BCUT2D eigenvalue weighted by molar-refractivity contribution is 6.29. The SMILES string of the molecule is C=C[C@@]1(C)C[C@H](C)C[C@H](C)C1(OC(=O)C(=O)OC)c1c(OC)ccnc1OC. The molecule has 7 nitrogen and oxygen atoms in total. The number of carbonyl (C=O) groups excluding carboxylic acids is 2. The van der Waals surface area contributed by atoms with E-state index in [4.69, 9.17) is 14.2 Å². The van der Waals surface area contributed by atoms with Crippen molar-refractivity contribution in [2.75, 3.05) is 21.3 Å². The molecule has 1 aromatic rings. The lowest BCUT2D eigenvalue weighted by Gasteiger charge is -2.54. The fourth-order valence-corrected chi connectivity index (χ4v) is 4.69. The zero-order chi connectivity index (χ0) is 21.1. The molecule has 1 unspecified atom stereocenters. The van der Waals surface area contributed by atoms with E-state index in [1.165, 1.54) is 14.2 Å². The van der Waals surface area contributed by atoms with Crippen LogP contribution in [0.25, 0.3) is 0 Å². The molecular formula is C21H29NO6. The highest BCUT2D eigenvalue weighted by Crippen LogP contribution is 2.61. The van der Waals surface area contributed by atoms with Gasteiger partial charge in [-0.1, -0.05) is 26.8 Å². The predicted octanol–water partition coefficient (Wildman–Crippen LogP) is 3.27. The number of hydrogen-bond donors (Lipinski definition) is 0. The summed E-state index contributed by atoms with van der Waals surface area (Å²) in [5, 5.41) is 0. The first-order valence-corrected chi connectivity index (χ1v) is 9.23. The zero-order valence-electron chi connectivity index (χ0n) is 17.4. The average Bonchev–Trinajstić information content (AvgIpc) is 2.69. The molecule has 0 saturated heterocycles. The lowest BCUT2D eigenvalue weighted by Crippen LogP contribution is -2.56. The molecule has 0 amide bonds. The maximum absolute atomic E-state index is 12.6. The minimum absolute atomic E-state index is 0.181. The second kappa shape index (κ2) is 8.20. The van der Waals surface area contributed by atoms with E-state index in [0.29, 0.717) is 23.7 Å². The molecule has 1 aromatic heterocycles. The quantitative estimate of drug-likeness (QED) is 0.433. The van der Waals surface area contributed by atoms with Crippen molar-refractivity contribution in [3.05, 3.63) is 30.5 Å². The van der Waals surface area contributed by atoms with Crippen LogP contribution >= 0.6 is 0 Å². The largest absolute Gasteiger partial charge is 0.496 e. The molecule has 0 aliphatic heterocycles. The minimum atomic E-state index is -1.28. The summed E-state index contributed by atoms with van der Waals surface area (Å²) >= 11 is 0. The van der Waals surface area contributed by atoms with E-state index in [0.717, 1.165) is 13.5 Å². The van der Waals surface area contributed by atoms with Crippen LogP contribution in [0.5, 0.6) is 11.6 Å². The van der Waals surface area contributed by atoms with Gasteiger partial charge in [0.1, 0.15) is 11.3 Å². The second-order valence-electron chi connectivity index (χ2n) is 7.58. The van der Waals surface area contributed by atoms with Crippen LogP contribution < -0.4 is 9.47 Å². The highest BCUT2D eigenvalue weighted by atomic mass is 16.6. The number of esters is 2. The molecule has 7 heteroatoms. The average molecular weight is 391 g/mol. The molecular weight excluding hydrogens is 362 g/mol. The number of rotatable bonds is 5. The summed E-state index contributed by atoms with van der Waals surface area (Å²) in [6, 6.07) is 1.68. The monoisotopic (exact) mass is 391 g/mol. The number of carbonyl (C=O) groups is 2. The van der Waals surface area contributed by atoms with Gasteiger partial charge in [-0.25, -0.2) is 14.6 Å².